The maximum absolute atomic E-state index is 5.60. The van der Waals surface area contributed by atoms with Crippen molar-refractivity contribution < 1.29 is 9.47 Å². The highest BCUT2D eigenvalue weighted by Gasteiger charge is 2.31. The summed E-state index contributed by atoms with van der Waals surface area (Å²) in [5.41, 5.74) is 2.68. The summed E-state index contributed by atoms with van der Waals surface area (Å²) in [6.07, 6.45) is 1.20. The Balaban J connectivity index is 1.39. The Labute approximate surface area is 181 Å². The van der Waals surface area contributed by atoms with Gasteiger partial charge in [-0.15, -0.1) is 0 Å². The number of ether oxygens (including phenoxy) is 2. The van der Waals surface area contributed by atoms with Crippen LogP contribution in [0.15, 0.2) is 29.3 Å². The van der Waals surface area contributed by atoms with Gasteiger partial charge in [-0.1, -0.05) is 29.8 Å². The molecule has 4 rings (SSSR count). The number of aryl methyl sites for hydroxylation is 1. The standard InChI is InChI=1S/C23H37N5O2/c1-19-4-3-5-20(16-19)22(27-10-14-30-15-11-27)17-25-23(24-2)28-7-6-21(18-28)26-8-12-29-13-9-26/h3-5,16,21-22H,6-15,17-18H2,1-2H3,(H,24,25). The van der Waals surface area contributed by atoms with E-state index in [0.717, 1.165) is 78.2 Å². The van der Waals surface area contributed by atoms with Crippen LogP contribution in [0.2, 0.25) is 0 Å². The van der Waals surface area contributed by atoms with Crippen molar-refractivity contribution in [1.82, 2.24) is 20.0 Å². The molecule has 30 heavy (non-hydrogen) atoms. The summed E-state index contributed by atoms with van der Waals surface area (Å²) in [6, 6.07) is 9.83. The molecule has 0 amide bonds. The van der Waals surface area contributed by atoms with Crippen LogP contribution in [0.4, 0.5) is 0 Å². The third kappa shape index (κ3) is 5.32. The quantitative estimate of drug-likeness (QED) is 0.579. The summed E-state index contributed by atoms with van der Waals surface area (Å²) >= 11 is 0. The first-order chi connectivity index (χ1) is 14.7. The zero-order valence-corrected chi connectivity index (χ0v) is 18.6. The molecule has 3 heterocycles. The molecule has 0 aromatic heterocycles. The second-order valence-electron chi connectivity index (χ2n) is 8.54. The molecule has 1 aromatic rings. The molecule has 2 atom stereocenters. The van der Waals surface area contributed by atoms with E-state index in [-0.39, 0.29) is 0 Å². The average molecular weight is 416 g/mol. The molecule has 0 bridgehead atoms. The van der Waals surface area contributed by atoms with Gasteiger partial charge in [0.2, 0.25) is 0 Å². The van der Waals surface area contributed by atoms with E-state index >= 15 is 0 Å². The number of guanidine groups is 1. The molecule has 1 N–H and O–H groups in total. The predicted molar refractivity (Wildman–Crippen MR) is 120 cm³/mol. The third-order valence-electron chi connectivity index (χ3n) is 6.60. The largest absolute Gasteiger partial charge is 0.379 e. The van der Waals surface area contributed by atoms with Gasteiger partial charge in [-0.05, 0) is 18.9 Å². The molecular weight excluding hydrogens is 378 g/mol. The van der Waals surface area contributed by atoms with E-state index in [9.17, 15) is 0 Å². The highest BCUT2D eigenvalue weighted by Crippen LogP contribution is 2.23. The first-order valence-electron chi connectivity index (χ1n) is 11.4. The van der Waals surface area contributed by atoms with Gasteiger partial charge in [-0.25, -0.2) is 0 Å². The Morgan fingerprint density at radius 1 is 1.10 bits per heavy atom. The molecular formula is C23H37N5O2. The van der Waals surface area contributed by atoms with Gasteiger partial charge < -0.3 is 19.7 Å². The minimum Gasteiger partial charge on any atom is -0.379 e. The second-order valence-corrected chi connectivity index (χ2v) is 8.54. The topological polar surface area (TPSA) is 52.6 Å². The SMILES string of the molecule is CN=C(NCC(c1cccc(C)c1)N1CCOCC1)N1CCC(N2CCOCC2)C1. The maximum atomic E-state index is 5.60. The maximum Gasteiger partial charge on any atom is 0.193 e. The van der Waals surface area contributed by atoms with E-state index in [1.54, 1.807) is 0 Å². The normalized spacial score (nSPS) is 25.5. The number of nitrogens with one attached hydrogen (secondary N) is 1. The summed E-state index contributed by atoms with van der Waals surface area (Å²) < 4.78 is 11.1. The van der Waals surface area contributed by atoms with E-state index in [2.05, 4.69) is 56.2 Å². The third-order valence-corrected chi connectivity index (χ3v) is 6.60. The van der Waals surface area contributed by atoms with Crippen molar-refractivity contribution >= 4 is 5.96 Å². The molecule has 0 spiro atoms. The number of rotatable bonds is 5. The highest BCUT2D eigenvalue weighted by atomic mass is 16.5. The van der Waals surface area contributed by atoms with Crippen molar-refractivity contribution in [2.45, 2.75) is 25.4 Å². The molecule has 3 fully saturated rings. The Bertz CT molecular complexity index is 701. The summed E-state index contributed by atoms with van der Waals surface area (Å²) in [6.45, 7) is 12.5. The minimum absolute atomic E-state index is 0.322. The van der Waals surface area contributed by atoms with Gasteiger partial charge in [-0.3, -0.25) is 14.8 Å². The number of nitrogens with zero attached hydrogens (tertiary/aromatic N) is 4. The number of aliphatic imine (C=N–C) groups is 1. The number of hydrogen-bond acceptors (Lipinski definition) is 5. The monoisotopic (exact) mass is 415 g/mol. The van der Waals surface area contributed by atoms with Crippen molar-refractivity contribution in [3.05, 3.63) is 35.4 Å². The molecule has 2 unspecified atom stereocenters. The molecule has 3 aliphatic heterocycles. The van der Waals surface area contributed by atoms with Crippen molar-refractivity contribution in [3.8, 4) is 0 Å². The Hall–Kier alpha value is -1.67. The number of hydrogen-bond donors (Lipinski definition) is 1. The van der Waals surface area contributed by atoms with Crippen LogP contribution in [-0.2, 0) is 9.47 Å². The van der Waals surface area contributed by atoms with Gasteiger partial charge >= 0.3 is 0 Å². The molecule has 0 aliphatic carbocycles. The zero-order chi connectivity index (χ0) is 20.8. The summed E-state index contributed by atoms with van der Waals surface area (Å²) in [5, 5.41) is 3.70. The van der Waals surface area contributed by atoms with Crippen LogP contribution in [-0.4, -0.2) is 106 Å². The van der Waals surface area contributed by atoms with Gasteiger partial charge in [0.05, 0.1) is 32.5 Å². The summed E-state index contributed by atoms with van der Waals surface area (Å²) in [7, 11) is 1.90. The molecule has 3 saturated heterocycles. The van der Waals surface area contributed by atoms with Gasteiger partial charge in [0.25, 0.3) is 0 Å². The molecule has 3 aliphatic rings. The van der Waals surface area contributed by atoms with Crippen molar-refractivity contribution in [1.29, 1.82) is 0 Å². The van der Waals surface area contributed by atoms with Crippen molar-refractivity contribution in [3.63, 3.8) is 0 Å². The lowest BCUT2D eigenvalue weighted by Crippen LogP contribution is -2.48. The smallest absolute Gasteiger partial charge is 0.193 e. The second kappa shape index (κ2) is 10.6. The van der Waals surface area contributed by atoms with E-state index in [4.69, 9.17) is 9.47 Å². The van der Waals surface area contributed by atoms with Crippen molar-refractivity contribution in [2.24, 2.45) is 4.99 Å². The van der Waals surface area contributed by atoms with Crippen molar-refractivity contribution in [2.75, 3.05) is 79.3 Å². The lowest BCUT2D eigenvalue weighted by molar-refractivity contribution is 0.0167. The number of benzene rings is 1. The van der Waals surface area contributed by atoms with E-state index in [0.29, 0.717) is 12.1 Å². The highest BCUT2D eigenvalue weighted by molar-refractivity contribution is 5.80. The summed E-state index contributed by atoms with van der Waals surface area (Å²) in [5.74, 6) is 1.02. The fourth-order valence-electron chi connectivity index (χ4n) is 4.92. The molecule has 1 aromatic carbocycles. The van der Waals surface area contributed by atoms with E-state index in [1.807, 2.05) is 7.05 Å². The molecule has 166 valence electrons. The molecule has 7 nitrogen and oxygen atoms in total. The van der Waals surface area contributed by atoms with Crippen LogP contribution >= 0.6 is 0 Å². The minimum atomic E-state index is 0.322. The summed E-state index contributed by atoms with van der Waals surface area (Å²) in [4.78, 5) is 12.2. The van der Waals surface area contributed by atoms with Gasteiger partial charge in [0.1, 0.15) is 0 Å². The predicted octanol–water partition coefficient (Wildman–Crippen LogP) is 1.35. The molecule has 0 radical (unpaired) electrons. The number of morpholine rings is 2. The van der Waals surface area contributed by atoms with Gasteiger partial charge in [0, 0.05) is 58.9 Å². The molecule has 0 saturated carbocycles. The van der Waals surface area contributed by atoms with Crippen LogP contribution in [0.5, 0.6) is 0 Å². The van der Waals surface area contributed by atoms with Crippen LogP contribution in [0, 0.1) is 6.92 Å². The van der Waals surface area contributed by atoms with Gasteiger partial charge in [-0.2, -0.15) is 0 Å². The zero-order valence-electron chi connectivity index (χ0n) is 18.6. The first kappa shape index (κ1) is 21.6. The fourth-order valence-corrected chi connectivity index (χ4v) is 4.92. The lowest BCUT2D eigenvalue weighted by atomic mass is 10.0. The Kier molecular flexibility index (Phi) is 7.60. The van der Waals surface area contributed by atoms with Gasteiger partial charge in [0.15, 0.2) is 5.96 Å². The Morgan fingerprint density at radius 2 is 1.83 bits per heavy atom. The fraction of sp³-hybridized carbons (Fsp3) is 0.696. The van der Waals surface area contributed by atoms with Crippen LogP contribution in [0.1, 0.15) is 23.6 Å². The van der Waals surface area contributed by atoms with E-state index in [1.165, 1.54) is 17.5 Å². The average Bonchev–Trinajstić information content (AvgIpc) is 3.28. The lowest BCUT2D eigenvalue weighted by Gasteiger charge is -2.36. The van der Waals surface area contributed by atoms with E-state index < -0.39 is 0 Å². The van der Waals surface area contributed by atoms with Crippen LogP contribution < -0.4 is 5.32 Å². The van der Waals surface area contributed by atoms with Crippen LogP contribution in [0.25, 0.3) is 0 Å². The van der Waals surface area contributed by atoms with Crippen LogP contribution in [0.3, 0.4) is 0 Å². The first-order valence-corrected chi connectivity index (χ1v) is 11.4. The molecule has 7 heteroatoms. The number of likely N-dealkylation sites (tertiary alicyclic amines) is 1. The Morgan fingerprint density at radius 3 is 2.53 bits per heavy atom.